The highest BCUT2D eigenvalue weighted by Crippen LogP contribution is 2.24. The SMILES string of the molecule is Cc1cc(OCC(=O)Nc2cc(-n3cnnn3)ccc2Cl)no1. The Balaban J connectivity index is 1.67. The first-order valence-electron chi connectivity index (χ1n) is 6.51. The molecule has 0 fully saturated rings. The number of aryl methyl sites for hydroxylation is 1. The number of nitrogens with one attached hydrogen (secondary N) is 1. The molecule has 118 valence electrons. The first-order valence-corrected chi connectivity index (χ1v) is 6.88. The number of nitrogens with zero attached hydrogens (tertiary/aromatic N) is 5. The fraction of sp³-hybridized carbons (Fsp3) is 0.154. The molecular formula is C13H11ClN6O3. The van der Waals surface area contributed by atoms with Crippen LogP contribution in [0.1, 0.15) is 5.76 Å². The minimum atomic E-state index is -0.388. The summed E-state index contributed by atoms with van der Waals surface area (Å²) < 4.78 is 11.5. The van der Waals surface area contributed by atoms with Gasteiger partial charge in [0.25, 0.3) is 11.8 Å². The van der Waals surface area contributed by atoms with E-state index in [0.717, 1.165) is 0 Å². The van der Waals surface area contributed by atoms with Gasteiger partial charge in [-0.3, -0.25) is 4.79 Å². The normalized spacial score (nSPS) is 10.5. The molecule has 0 spiro atoms. The van der Waals surface area contributed by atoms with Crippen LogP contribution < -0.4 is 10.1 Å². The first-order chi connectivity index (χ1) is 11.1. The lowest BCUT2D eigenvalue weighted by atomic mass is 10.2. The first kappa shape index (κ1) is 15.0. The maximum absolute atomic E-state index is 11.9. The van der Waals surface area contributed by atoms with E-state index in [0.29, 0.717) is 22.2 Å². The van der Waals surface area contributed by atoms with Crippen molar-refractivity contribution < 1.29 is 14.1 Å². The number of carbonyl (C=O) groups excluding carboxylic acids is 1. The number of ether oxygens (including phenoxy) is 1. The van der Waals surface area contributed by atoms with Crippen molar-refractivity contribution >= 4 is 23.2 Å². The smallest absolute Gasteiger partial charge is 0.262 e. The topological polar surface area (TPSA) is 108 Å². The molecule has 0 aliphatic heterocycles. The van der Waals surface area contributed by atoms with E-state index in [1.807, 2.05) is 0 Å². The van der Waals surface area contributed by atoms with Crippen molar-refractivity contribution in [2.24, 2.45) is 0 Å². The number of hydrogen-bond donors (Lipinski definition) is 1. The molecule has 10 heteroatoms. The van der Waals surface area contributed by atoms with Gasteiger partial charge < -0.3 is 14.6 Å². The summed E-state index contributed by atoms with van der Waals surface area (Å²) in [5, 5.41) is 17.5. The number of hydrogen-bond acceptors (Lipinski definition) is 7. The number of halogens is 1. The number of benzene rings is 1. The van der Waals surface area contributed by atoms with Crippen LogP contribution in [0.5, 0.6) is 5.88 Å². The zero-order valence-corrected chi connectivity index (χ0v) is 12.7. The molecule has 0 aliphatic carbocycles. The van der Waals surface area contributed by atoms with Crippen molar-refractivity contribution in [3.63, 3.8) is 0 Å². The van der Waals surface area contributed by atoms with Gasteiger partial charge in [0.15, 0.2) is 6.61 Å². The van der Waals surface area contributed by atoms with Gasteiger partial charge in [-0.05, 0) is 40.7 Å². The molecule has 0 radical (unpaired) electrons. The molecule has 2 aromatic heterocycles. The Hall–Kier alpha value is -2.94. The van der Waals surface area contributed by atoms with E-state index in [1.165, 1.54) is 11.0 Å². The van der Waals surface area contributed by atoms with E-state index in [2.05, 4.69) is 26.0 Å². The van der Waals surface area contributed by atoms with Crippen molar-refractivity contribution in [3.8, 4) is 11.6 Å². The highest BCUT2D eigenvalue weighted by molar-refractivity contribution is 6.33. The second-order valence-electron chi connectivity index (χ2n) is 4.53. The minimum absolute atomic E-state index is 0.225. The predicted molar refractivity (Wildman–Crippen MR) is 79.5 cm³/mol. The summed E-state index contributed by atoms with van der Waals surface area (Å²) in [6.45, 7) is 1.50. The number of tetrazole rings is 1. The van der Waals surface area contributed by atoms with Gasteiger partial charge >= 0.3 is 0 Å². The Morgan fingerprint density at radius 2 is 2.30 bits per heavy atom. The third-order valence-electron chi connectivity index (χ3n) is 2.80. The van der Waals surface area contributed by atoms with Crippen LogP contribution in [0.2, 0.25) is 5.02 Å². The molecule has 0 aliphatic rings. The van der Waals surface area contributed by atoms with Crippen molar-refractivity contribution in [1.29, 1.82) is 0 Å². The summed E-state index contributed by atoms with van der Waals surface area (Å²) >= 11 is 6.08. The zero-order chi connectivity index (χ0) is 16.2. The Morgan fingerprint density at radius 1 is 1.43 bits per heavy atom. The number of aromatic nitrogens is 5. The molecule has 0 saturated carbocycles. The van der Waals surface area contributed by atoms with Crippen molar-refractivity contribution in [2.45, 2.75) is 6.92 Å². The Labute approximate surface area is 135 Å². The number of rotatable bonds is 5. The van der Waals surface area contributed by atoms with Crippen molar-refractivity contribution in [1.82, 2.24) is 25.4 Å². The lowest BCUT2D eigenvalue weighted by Gasteiger charge is -2.09. The van der Waals surface area contributed by atoms with Crippen LogP contribution in [0.15, 0.2) is 35.1 Å². The maximum atomic E-state index is 11.9. The number of amides is 1. The molecule has 0 unspecified atom stereocenters. The lowest BCUT2D eigenvalue weighted by Crippen LogP contribution is -2.20. The Bertz CT molecular complexity index is 817. The molecule has 2 heterocycles. The molecule has 9 nitrogen and oxygen atoms in total. The summed E-state index contributed by atoms with van der Waals surface area (Å²) in [6.07, 6.45) is 1.44. The van der Waals surface area contributed by atoms with Crippen molar-refractivity contribution in [3.05, 3.63) is 41.4 Å². The van der Waals surface area contributed by atoms with Gasteiger partial charge in [0, 0.05) is 6.07 Å². The number of carbonyl (C=O) groups is 1. The summed E-state index contributed by atoms with van der Waals surface area (Å²) in [5.41, 5.74) is 1.08. The average molecular weight is 335 g/mol. The fourth-order valence-corrected chi connectivity index (χ4v) is 1.93. The lowest BCUT2D eigenvalue weighted by molar-refractivity contribution is -0.118. The highest BCUT2D eigenvalue weighted by atomic mass is 35.5. The quantitative estimate of drug-likeness (QED) is 0.755. The van der Waals surface area contributed by atoms with Crippen LogP contribution in [0.4, 0.5) is 5.69 Å². The second-order valence-corrected chi connectivity index (χ2v) is 4.94. The van der Waals surface area contributed by atoms with Gasteiger partial charge in [-0.1, -0.05) is 11.6 Å². The fourth-order valence-electron chi connectivity index (χ4n) is 1.77. The van der Waals surface area contributed by atoms with E-state index in [9.17, 15) is 4.79 Å². The zero-order valence-electron chi connectivity index (χ0n) is 11.9. The monoisotopic (exact) mass is 334 g/mol. The van der Waals surface area contributed by atoms with Crippen LogP contribution in [-0.2, 0) is 4.79 Å². The van der Waals surface area contributed by atoms with E-state index < -0.39 is 0 Å². The van der Waals surface area contributed by atoms with Gasteiger partial charge in [-0.2, -0.15) is 0 Å². The molecule has 1 amide bonds. The molecule has 23 heavy (non-hydrogen) atoms. The van der Waals surface area contributed by atoms with E-state index in [-0.39, 0.29) is 18.4 Å². The summed E-state index contributed by atoms with van der Waals surface area (Å²) in [7, 11) is 0. The third-order valence-corrected chi connectivity index (χ3v) is 3.12. The second kappa shape index (κ2) is 6.44. The van der Waals surface area contributed by atoms with E-state index in [4.69, 9.17) is 20.9 Å². The average Bonchev–Trinajstić information content (AvgIpc) is 3.19. The summed E-state index contributed by atoms with van der Waals surface area (Å²) in [4.78, 5) is 11.9. The molecule has 3 aromatic rings. The van der Waals surface area contributed by atoms with Gasteiger partial charge in [0.1, 0.15) is 12.1 Å². The van der Waals surface area contributed by atoms with E-state index in [1.54, 1.807) is 31.2 Å². The Kier molecular flexibility index (Phi) is 4.20. The van der Waals surface area contributed by atoms with Gasteiger partial charge in [0.05, 0.1) is 16.4 Å². The van der Waals surface area contributed by atoms with Crippen LogP contribution >= 0.6 is 11.6 Å². The Morgan fingerprint density at radius 3 is 3.00 bits per heavy atom. The summed E-state index contributed by atoms with van der Waals surface area (Å²) in [6, 6.07) is 6.59. The van der Waals surface area contributed by atoms with Crippen LogP contribution in [0, 0.1) is 6.92 Å². The predicted octanol–water partition coefficient (Wildman–Crippen LogP) is 1.63. The van der Waals surface area contributed by atoms with Gasteiger partial charge in [0.2, 0.25) is 0 Å². The van der Waals surface area contributed by atoms with Gasteiger partial charge in [-0.25, -0.2) is 4.68 Å². The highest BCUT2D eigenvalue weighted by Gasteiger charge is 2.10. The molecule has 0 bridgehead atoms. The van der Waals surface area contributed by atoms with Crippen LogP contribution in [-0.4, -0.2) is 37.9 Å². The third kappa shape index (κ3) is 3.64. The molecule has 0 atom stereocenters. The molecule has 1 aromatic carbocycles. The molecule has 3 rings (SSSR count). The molecular weight excluding hydrogens is 324 g/mol. The number of anilines is 1. The minimum Gasteiger partial charge on any atom is -0.465 e. The standard InChI is InChI=1S/C13H11ClN6O3/c1-8-4-13(17-23-8)22-6-12(21)16-11-5-9(2-3-10(11)14)20-7-15-18-19-20/h2-5,7H,6H2,1H3,(H,16,21). The molecule has 1 N–H and O–H groups in total. The maximum Gasteiger partial charge on any atom is 0.262 e. The molecule has 0 saturated heterocycles. The van der Waals surface area contributed by atoms with Crippen LogP contribution in [0.25, 0.3) is 5.69 Å². The van der Waals surface area contributed by atoms with Gasteiger partial charge in [-0.15, -0.1) is 5.10 Å². The van der Waals surface area contributed by atoms with Crippen molar-refractivity contribution in [2.75, 3.05) is 11.9 Å². The largest absolute Gasteiger partial charge is 0.465 e. The summed E-state index contributed by atoms with van der Waals surface area (Å²) in [5.74, 6) is 0.449. The van der Waals surface area contributed by atoms with E-state index >= 15 is 0 Å². The van der Waals surface area contributed by atoms with Crippen LogP contribution in [0.3, 0.4) is 0 Å².